The zero-order chi connectivity index (χ0) is 15.1. The Labute approximate surface area is 125 Å². The molecule has 0 saturated carbocycles. The normalized spacial score (nSPS) is 19.1. The highest BCUT2D eigenvalue weighted by molar-refractivity contribution is 5.91. The summed E-state index contributed by atoms with van der Waals surface area (Å²) in [5.74, 6) is 0.622. The maximum Gasteiger partial charge on any atom is 0.271 e. The summed E-state index contributed by atoms with van der Waals surface area (Å²) in [5, 5.41) is 10.7. The summed E-state index contributed by atoms with van der Waals surface area (Å²) >= 11 is 0. The van der Waals surface area contributed by atoms with E-state index in [0.717, 1.165) is 51.2 Å². The molecule has 21 heavy (non-hydrogen) atoms. The minimum Gasteiger partial charge on any atom is -0.378 e. The second-order valence-electron chi connectivity index (χ2n) is 5.27. The summed E-state index contributed by atoms with van der Waals surface area (Å²) in [6, 6.07) is 3.59. The second kappa shape index (κ2) is 7.93. The Morgan fingerprint density at radius 1 is 1.38 bits per heavy atom. The zero-order valence-electron chi connectivity index (χ0n) is 12.8. The van der Waals surface area contributed by atoms with Crippen molar-refractivity contribution in [3.05, 3.63) is 17.8 Å². The van der Waals surface area contributed by atoms with Gasteiger partial charge in [0.05, 0.1) is 6.10 Å². The first-order valence-electron chi connectivity index (χ1n) is 7.67. The molecule has 1 saturated heterocycles. The van der Waals surface area contributed by atoms with E-state index in [2.05, 4.69) is 27.3 Å². The highest BCUT2D eigenvalue weighted by Gasteiger charge is 2.18. The third kappa shape index (κ3) is 4.39. The Bertz CT molecular complexity index is 449. The number of nitrogens with one attached hydrogen (secondary N) is 1. The zero-order valence-corrected chi connectivity index (χ0v) is 12.8. The van der Waals surface area contributed by atoms with Crippen molar-refractivity contribution >= 4 is 11.7 Å². The fraction of sp³-hybridized carbons (Fsp3) is 0.667. The predicted octanol–water partition coefficient (Wildman–Crippen LogP) is 1.62. The van der Waals surface area contributed by atoms with Gasteiger partial charge in [-0.3, -0.25) is 4.79 Å². The number of amides is 1. The highest BCUT2D eigenvalue weighted by Crippen LogP contribution is 2.19. The molecule has 0 radical (unpaired) electrons. The average Bonchev–Trinajstić information content (AvgIpc) is 2.78. The Balaban J connectivity index is 1.94. The number of rotatable bonds is 5. The lowest BCUT2D eigenvalue weighted by Crippen LogP contribution is -2.27. The van der Waals surface area contributed by atoms with Gasteiger partial charge in [-0.2, -0.15) is 0 Å². The fourth-order valence-electron chi connectivity index (χ4n) is 2.49. The number of carbonyl (C=O) groups is 1. The lowest BCUT2D eigenvalue weighted by atomic mass is 10.2. The van der Waals surface area contributed by atoms with Gasteiger partial charge in [-0.15, -0.1) is 10.2 Å². The molecule has 2 heterocycles. The van der Waals surface area contributed by atoms with Crippen molar-refractivity contribution in [3.63, 3.8) is 0 Å². The van der Waals surface area contributed by atoms with Crippen LogP contribution >= 0.6 is 0 Å². The number of aromatic nitrogens is 2. The first kappa shape index (κ1) is 15.7. The van der Waals surface area contributed by atoms with Crippen molar-refractivity contribution in [1.82, 2.24) is 15.5 Å². The topological polar surface area (TPSA) is 67.3 Å². The molecule has 0 bridgehead atoms. The van der Waals surface area contributed by atoms with Gasteiger partial charge in [0.25, 0.3) is 5.91 Å². The lowest BCUT2D eigenvalue weighted by Gasteiger charge is -2.21. The van der Waals surface area contributed by atoms with E-state index in [1.165, 1.54) is 0 Å². The largest absolute Gasteiger partial charge is 0.378 e. The van der Waals surface area contributed by atoms with Gasteiger partial charge in [0, 0.05) is 26.7 Å². The SMILES string of the molecule is CCCOC1CCCN(c2ccc(C(=O)NC)nn2)CC1. The first-order chi connectivity index (χ1) is 10.2. The summed E-state index contributed by atoms with van der Waals surface area (Å²) in [4.78, 5) is 13.7. The van der Waals surface area contributed by atoms with Crippen LogP contribution in [0.3, 0.4) is 0 Å². The quantitative estimate of drug-likeness (QED) is 0.893. The Morgan fingerprint density at radius 2 is 2.24 bits per heavy atom. The molecule has 1 fully saturated rings. The van der Waals surface area contributed by atoms with Crippen LogP contribution in [0.2, 0.25) is 0 Å². The van der Waals surface area contributed by atoms with E-state index < -0.39 is 0 Å². The van der Waals surface area contributed by atoms with Gasteiger partial charge in [-0.1, -0.05) is 6.92 Å². The number of anilines is 1. The second-order valence-corrected chi connectivity index (χ2v) is 5.27. The Hall–Kier alpha value is -1.69. The van der Waals surface area contributed by atoms with Crippen molar-refractivity contribution < 1.29 is 9.53 Å². The maximum absolute atomic E-state index is 11.5. The molecule has 0 aliphatic carbocycles. The van der Waals surface area contributed by atoms with Gasteiger partial charge in [0.15, 0.2) is 11.5 Å². The number of hydrogen-bond acceptors (Lipinski definition) is 5. The molecule has 1 atom stereocenters. The smallest absolute Gasteiger partial charge is 0.271 e. The molecule has 6 heteroatoms. The van der Waals surface area contributed by atoms with Gasteiger partial charge in [-0.25, -0.2) is 0 Å². The van der Waals surface area contributed by atoms with E-state index >= 15 is 0 Å². The molecule has 116 valence electrons. The molecule has 1 amide bonds. The number of nitrogens with zero attached hydrogens (tertiary/aromatic N) is 3. The summed E-state index contributed by atoms with van der Waals surface area (Å²) in [5.41, 5.74) is 0.347. The molecule has 0 aromatic carbocycles. The van der Waals surface area contributed by atoms with E-state index in [1.54, 1.807) is 13.1 Å². The van der Waals surface area contributed by atoms with Crippen molar-refractivity contribution in [1.29, 1.82) is 0 Å². The standard InChI is InChI=1S/C15H24N4O2/c1-3-11-21-12-5-4-9-19(10-8-12)14-7-6-13(17-18-14)15(20)16-2/h6-7,12H,3-5,8-11H2,1-2H3,(H,16,20). The molecule has 2 rings (SSSR count). The molecular weight excluding hydrogens is 268 g/mol. The van der Waals surface area contributed by atoms with E-state index in [-0.39, 0.29) is 5.91 Å². The Kier molecular flexibility index (Phi) is 5.92. The van der Waals surface area contributed by atoms with Gasteiger partial charge in [-0.05, 0) is 37.8 Å². The molecule has 1 aromatic rings. The van der Waals surface area contributed by atoms with Crippen LogP contribution in [0.1, 0.15) is 43.1 Å². The number of carbonyl (C=O) groups excluding carboxylic acids is 1. The van der Waals surface area contributed by atoms with Crippen LogP contribution in [0.15, 0.2) is 12.1 Å². The third-order valence-corrected chi connectivity index (χ3v) is 3.67. The van der Waals surface area contributed by atoms with Gasteiger partial charge >= 0.3 is 0 Å². The van der Waals surface area contributed by atoms with Crippen LogP contribution in [0.5, 0.6) is 0 Å². The third-order valence-electron chi connectivity index (χ3n) is 3.67. The summed E-state index contributed by atoms with van der Waals surface area (Å²) in [6.45, 7) is 4.85. The van der Waals surface area contributed by atoms with Crippen LogP contribution in [-0.4, -0.2) is 49.0 Å². The van der Waals surface area contributed by atoms with Gasteiger partial charge in [0.2, 0.25) is 0 Å². The average molecular weight is 292 g/mol. The lowest BCUT2D eigenvalue weighted by molar-refractivity contribution is 0.0461. The summed E-state index contributed by atoms with van der Waals surface area (Å²) in [7, 11) is 1.59. The van der Waals surface area contributed by atoms with E-state index in [4.69, 9.17) is 4.74 Å². The van der Waals surface area contributed by atoms with Crippen LogP contribution in [0, 0.1) is 0 Å². The molecule has 1 aromatic heterocycles. The highest BCUT2D eigenvalue weighted by atomic mass is 16.5. The van der Waals surface area contributed by atoms with Crippen molar-refractivity contribution in [2.24, 2.45) is 0 Å². The number of hydrogen-bond donors (Lipinski definition) is 1. The van der Waals surface area contributed by atoms with Crippen LogP contribution in [-0.2, 0) is 4.74 Å². The van der Waals surface area contributed by atoms with Gasteiger partial charge in [0.1, 0.15) is 0 Å². The Morgan fingerprint density at radius 3 is 2.90 bits per heavy atom. The van der Waals surface area contributed by atoms with Gasteiger partial charge < -0.3 is 15.0 Å². The monoisotopic (exact) mass is 292 g/mol. The van der Waals surface area contributed by atoms with E-state index in [1.807, 2.05) is 6.07 Å². The maximum atomic E-state index is 11.5. The summed E-state index contributed by atoms with van der Waals surface area (Å²) < 4.78 is 5.85. The minimum absolute atomic E-state index is 0.210. The molecule has 1 aliphatic rings. The predicted molar refractivity (Wildman–Crippen MR) is 81.5 cm³/mol. The van der Waals surface area contributed by atoms with Crippen molar-refractivity contribution in [2.45, 2.75) is 38.7 Å². The minimum atomic E-state index is -0.210. The van der Waals surface area contributed by atoms with Crippen LogP contribution in [0.25, 0.3) is 0 Å². The first-order valence-corrected chi connectivity index (χ1v) is 7.67. The number of ether oxygens (including phenoxy) is 1. The van der Waals surface area contributed by atoms with E-state index in [0.29, 0.717) is 11.8 Å². The molecule has 1 N–H and O–H groups in total. The fourth-order valence-corrected chi connectivity index (χ4v) is 2.49. The molecule has 6 nitrogen and oxygen atoms in total. The molecule has 1 aliphatic heterocycles. The summed E-state index contributed by atoms with van der Waals surface area (Å²) in [6.07, 6.45) is 4.62. The van der Waals surface area contributed by atoms with E-state index in [9.17, 15) is 4.79 Å². The van der Waals surface area contributed by atoms with Crippen molar-refractivity contribution in [3.8, 4) is 0 Å². The molecule has 1 unspecified atom stereocenters. The molecular formula is C15H24N4O2. The molecule has 0 spiro atoms. The van der Waals surface area contributed by atoms with Crippen molar-refractivity contribution in [2.75, 3.05) is 31.6 Å². The van der Waals surface area contributed by atoms with Crippen LogP contribution < -0.4 is 10.2 Å². The van der Waals surface area contributed by atoms with Crippen LogP contribution in [0.4, 0.5) is 5.82 Å².